The van der Waals surface area contributed by atoms with Gasteiger partial charge >= 0.3 is 0 Å². The molecular formula is C43H84N2. The van der Waals surface area contributed by atoms with Crippen LogP contribution in [0.1, 0.15) is 264 Å². The quantitative estimate of drug-likeness (QED) is 0.0676. The summed E-state index contributed by atoms with van der Waals surface area (Å²) in [6, 6.07) is 0.588. The molecule has 0 aromatic carbocycles. The van der Waals surface area contributed by atoms with Gasteiger partial charge in [0.15, 0.2) is 0 Å². The second-order valence-corrected chi connectivity index (χ2v) is 15.0. The van der Waals surface area contributed by atoms with E-state index in [2.05, 4.69) is 44.7 Å². The Morgan fingerprint density at radius 3 is 1.04 bits per heavy atom. The number of nitrogens with zero attached hydrogens (tertiary/aromatic N) is 2. The second kappa shape index (κ2) is 33.1. The third-order valence-corrected chi connectivity index (χ3v) is 10.6. The molecule has 2 heteroatoms. The summed E-state index contributed by atoms with van der Waals surface area (Å²) in [6.07, 6.45) is 52.7. The highest BCUT2D eigenvalue weighted by Crippen LogP contribution is 2.31. The topological polar surface area (TPSA) is 17.8 Å². The first-order valence-corrected chi connectivity index (χ1v) is 21.3. The average Bonchev–Trinajstić information content (AvgIpc) is 3.54. The number of imidazole rings is 1. The molecule has 0 fully saturated rings. The van der Waals surface area contributed by atoms with Gasteiger partial charge in [-0.25, -0.2) is 4.98 Å². The Balaban J connectivity index is 2.31. The lowest BCUT2D eigenvalue weighted by Crippen LogP contribution is -2.13. The normalized spacial score (nSPS) is 13.1. The lowest BCUT2D eigenvalue weighted by atomic mass is 9.92. The lowest BCUT2D eigenvalue weighted by Gasteiger charge is -2.22. The van der Waals surface area contributed by atoms with Crippen LogP contribution in [0.3, 0.4) is 0 Å². The standard InChI is InChI=1S/C43H84N2/c1-5-8-11-14-17-19-20-21-22-23-24-25-27-29-32-35-38-42(37-34-31-16-13-10-7-3)43-44-39-40-45(43)41(4)36-33-30-28-26-18-15-12-9-6-2/h39-42H,5-38H2,1-4H3. The molecule has 1 heterocycles. The van der Waals surface area contributed by atoms with Crippen LogP contribution in [0, 0.1) is 0 Å². The van der Waals surface area contributed by atoms with Crippen LogP contribution < -0.4 is 0 Å². The predicted octanol–water partition coefficient (Wildman–Crippen LogP) is 15.9. The Bertz CT molecular complexity index is 694. The summed E-state index contributed by atoms with van der Waals surface area (Å²) in [5.41, 5.74) is 0. The SMILES string of the molecule is CCCCCCCCCCCCCCCCCCC(CCCCCCCC)c1nccn1C(C)CCCCCCCCCCC. The van der Waals surface area contributed by atoms with Crippen molar-refractivity contribution in [3.05, 3.63) is 18.2 Å². The van der Waals surface area contributed by atoms with Gasteiger partial charge in [0.1, 0.15) is 5.82 Å². The van der Waals surface area contributed by atoms with E-state index in [1.807, 2.05) is 0 Å². The average molecular weight is 629 g/mol. The maximum atomic E-state index is 5.01. The number of unbranched alkanes of at least 4 members (excludes halogenated alkanes) is 28. The fourth-order valence-electron chi connectivity index (χ4n) is 7.42. The molecule has 1 aromatic heterocycles. The summed E-state index contributed by atoms with van der Waals surface area (Å²) >= 11 is 0. The molecule has 2 nitrogen and oxygen atoms in total. The van der Waals surface area contributed by atoms with Crippen LogP contribution in [-0.4, -0.2) is 9.55 Å². The third kappa shape index (κ3) is 25.0. The first-order chi connectivity index (χ1) is 22.2. The summed E-state index contributed by atoms with van der Waals surface area (Å²) in [6.45, 7) is 9.40. The van der Waals surface area contributed by atoms with Gasteiger partial charge in [0.2, 0.25) is 0 Å². The number of aromatic nitrogens is 2. The Kier molecular flexibility index (Phi) is 31.1. The molecule has 0 aliphatic carbocycles. The van der Waals surface area contributed by atoms with E-state index in [9.17, 15) is 0 Å². The number of hydrogen-bond donors (Lipinski definition) is 0. The highest BCUT2D eigenvalue weighted by atomic mass is 15.1. The molecule has 0 saturated heterocycles. The van der Waals surface area contributed by atoms with E-state index in [1.54, 1.807) is 0 Å². The molecule has 0 aliphatic rings. The summed E-state index contributed by atoms with van der Waals surface area (Å²) in [4.78, 5) is 5.01. The first-order valence-electron chi connectivity index (χ1n) is 21.3. The van der Waals surface area contributed by atoms with Crippen molar-refractivity contribution in [2.75, 3.05) is 0 Å². The molecule has 0 spiro atoms. The Hall–Kier alpha value is -0.790. The molecule has 266 valence electrons. The number of rotatable bonds is 36. The van der Waals surface area contributed by atoms with Crippen molar-refractivity contribution in [1.82, 2.24) is 9.55 Å². The van der Waals surface area contributed by atoms with Crippen molar-refractivity contribution in [3.63, 3.8) is 0 Å². The molecule has 0 N–H and O–H groups in total. The molecule has 1 aromatic rings. The maximum absolute atomic E-state index is 5.01. The Morgan fingerprint density at radius 2 is 0.711 bits per heavy atom. The van der Waals surface area contributed by atoms with Crippen molar-refractivity contribution in [3.8, 4) is 0 Å². The van der Waals surface area contributed by atoms with Gasteiger partial charge in [0, 0.05) is 24.4 Å². The van der Waals surface area contributed by atoms with Crippen molar-refractivity contribution in [1.29, 1.82) is 0 Å². The summed E-state index contributed by atoms with van der Waals surface area (Å²) in [7, 11) is 0. The van der Waals surface area contributed by atoms with Gasteiger partial charge < -0.3 is 4.57 Å². The highest BCUT2D eigenvalue weighted by Gasteiger charge is 2.19. The summed E-state index contributed by atoms with van der Waals surface area (Å²) in [5, 5.41) is 0. The zero-order valence-corrected chi connectivity index (χ0v) is 31.7. The molecule has 2 unspecified atom stereocenters. The van der Waals surface area contributed by atoms with Crippen molar-refractivity contribution < 1.29 is 0 Å². The van der Waals surface area contributed by atoms with Gasteiger partial charge in [-0.2, -0.15) is 0 Å². The minimum Gasteiger partial charge on any atom is -0.332 e. The van der Waals surface area contributed by atoms with Crippen molar-refractivity contribution in [2.24, 2.45) is 0 Å². The Labute approximate surface area is 285 Å². The van der Waals surface area contributed by atoms with Gasteiger partial charge in [0.25, 0.3) is 0 Å². The predicted molar refractivity (Wildman–Crippen MR) is 204 cm³/mol. The highest BCUT2D eigenvalue weighted by molar-refractivity contribution is 5.02. The molecule has 0 bridgehead atoms. The minimum atomic E-state index is 0.588. The van der Waals surface area contributed by atoms with E-state index >= 15 is 0 Å². The zero-order chi connectivity index (χ0) is 32.5. The molecular weight excluding hydrogens is 544 g/mol. The largest absolute Gasteiger partial charge is 0.332 e. The number of hydrogen-bond acceptors (Lipinski definition) is 1. The van der Waals surface area contributed by atoms with Crippen LogP contribution >= 0.6 is 0 Å². The lowest BCUT2D eigenvalue weighted by molar-refractivity contribution is 0.412. The van der Waals surface area contributed by atoms with Gasteiger partial charge in [-0.15, -0.1) is 0 Å². The van der Waals surface area contributed by atoms with E-state index < -0.39 is 0 Å². The van der Waals surface area contributed by atoms with E-state index in [0.717, 1.165) is 0 Å². The zero-order valence-electron chi connectivity index (χ0n) is 31.7. The third-order valence-electron chi connectivity index (χ3n) is 10.6. The van der Waals surface area contributed by atoms with Crippen LogP contribution in [-0.2, 0) is 0 Å². The van der Waals surface area contributed by atoms with Crippen LogP contribution in [0.4, 0.5) is 0 Å². The molecule has 0 radical (unpaired) electrons. The van der Waals surface area contributed by atoms with Gasteiger partial charge in [-0.3, -0.25) is 0 Å². The molecule has 1 rings (SSSR count). The summed E-state index contributed by atoms with van der Waals surface area (Å²) < 4.78 is 2.58. The van der Waals surface area contributed by atoms with Crippen molar-refractivity contribution >= 4 is 0 Å². The van der Waals surface area contributed by atoms with Gasteiger partial charge in [-0.1, -0.05) is 220 Å². The minimum absolute atomic E-state index is 0.588. The van der Waals surface area contributed by atoms with Crippen LogP contribution in [0.2, 0.25) is 0 Å². The molecule has 0 saturated carbocycles. The van der Waals surface area contributed by atoms with Gasteiger partial charge in [-0.05, 0) is 26.2 Å². The molecule has 45 heavy (non-hydrogen) atoms. The fourth-order valence-corrected chi connectivity index (χ4v) is 7.42. The van der Waals surface area contributed by atoms with Crippen LogP contribution in [0.5, 0.6) is 0 Å². The maximum Gasteiger partial charge on any atom is 0.111 e. The monoisotopic (exact) mass is 629 g/mol. The van der Waals surface area contributed by atoms with Crippen molar-refractivity contribution in [2.45, 2.75) is 258 Å². The molecule has 0 amide bonds. The summed E-state index contributed by atoms with van der Waals surface area (Å²) in [5.74, 6) is 2.07. The smallest absolute Gasteiger partial charge is 0.111 e. The van der Waals surface area contributed by atoms with E-state index in [4.69, 9.17) is 4.98 Å². The molecule has 2 atom stereocenters. The van der Waals surface area contributed by atoms with E-state index in [-0.39, 0.29) is 0 Å². The molecule has 0 aliphatic heterocycles. The van der Waals surface area contributed by atoms with Crippen LogP contribution in [0.25, 0.3) is 0 Å². The van der Waals surface area contributed by atoms with Crippen LogP contribution in [0.15, 0.2) is 12.4 Å². The van der Waals surface area contributed by atoms with E-state index in [0.29, 0.717) is 12.0 Å². The van der Waals surface area contributed by atoms with Gasteiger partial charge in [0.05, 0.1) is 0 Å². The Morgan fingerprint density at radius 1 is 0.422 bits per heavy atom. The fraction of sp³-hybridized carbons (Fsp3) is 0.930. The van der Waals surface area contributed by atoms with E-state index in [1.165, 1.54) is 224 Å². The second-order valence-electron chi connectivity index (χ2n) is 15.0. The first kappa shape index (κ1) is 42.2.